The summed E-state index contributed by atoms with van der Waals surface area (Å²) in [7, 11) is 0. The Balaban J connectivity index is 2.90. The SMILES string of the molecule is O=C(O)CSc1cc(Cl)cc(SCC(=O)O)c1Cl. The van der Waals surface area contributed by atoms with E-state index < -0.39 is 11.9 Å². The van der Waals surface area contributed by atoms with Crippen molar-refractivity contribution in [3.63, 3.8) is 0 Å². The zero-order chi connectivity index (χ0) is 13.7. The van der Waals surface area contributed by atoms with Gasteiger partial charge in [-0.3, -0.25) is 9.59 Å². The van der Waals surface area contributed by atoms with Crippen LogP contribution < -0.4 is 0 Å². The molecule has 0 aliphatic heterocycles. The molecule has 0 saturated heterocycles. The fourth-order valence-corrected chi connectivity index (χ4v) is 3.33. The number of halogens is 2. The zero-order valence-electron chi connectivity index (χ0n) is 8.85. The number of aliphatic carboxylic acids is 2. The molecule has 0 atom stereocenters. The van der Waals surface area contributed by atoms with Crippen molar-refractivity contribution in [2.24, 2.45) is 0 Å². The van der Waals surface area contributed by atoms with E-state index in [0.29, 0.717) is 19.8 Å². The highest BCUT2D eigenvalue weighted by molar-refractivity contribution is 8.01. The molecule has 98 valence electrons. The molecule has 2 N–H and O–H groups in total. The lowest BCUT2D eigenvalue weighted by molar-refractivity contribution is -0.134. The van der Waals surface area contributed by atoms with Gasteiger partial charge in [0, 0.05) is 14.8 Å². The smallest absolute Gasteiger partial charge is 0.313 e. The summed E-state index contributed by atoms with van der Waals surface area (Å²) in [4.78, 5) is 22.0. The van der Waals surface area contributed by atoms with Crippen LogP contribution in [0.3, 0.4) is 0 Å². The van der Waals surface area contributed by atoms with Crippen molar-refractivity contribution in [3.05, 3.63) is 22.2 Å². The summed E-state index contributed by atoms with van der Waals surface area (Å²) in [5.41, 5.74) is 0. The van der Waals surface area contributed by atoms with Crippen molar-refractivity contribution >= 4 is 58.7 Å². The van der Waals surface area contributed by atoms with Gasteiger partial charge in [0.25, 0.3) is 0 Å². The highest BCUT2D eigenvalue weighted by Crippen LogP contribution is 2.38. The van der Waals surface area contributed by atoms with E-state index >= 15 is 0 Å². The quantitative estimate of drug-likeness (QED) is 0.781. The molecule has 0 fully saturated rings. The number of carbonyl (C=O) groups is 2. The summed E-state index contributed by atoms with van der Waals surface area (Å²) in [5.74, 6) is -2.20. The molecule has 0 unspecified atom stereocenters. The summed E-state index contributed by atoms with van der Waals surface area (Å²) in [5, 5.41) is 17.9. The number of carboxylic acids is 2. The van der Waals surface area contributed by atoms with Gasteiger partial charge in [0.05, 0.1) is 16.5 Å². The van der Waals surface area contributed by atoms with Gasteiger partial charge in [-0.25, -0.2) is 0 Å². The Hall–Kier alpha value is -0.560. The standard InChI is InChI=1S/C10H8Cl2O4S2/c11-5-1-6(17-3-8(13)14)10(12)7(2-5)18-4-9(15)16/h1-2H,3-4H2,(H,13,14)(H,15,16). The average Bonchev–Trinajstić information content (AvgIpc) is 2.27. The lowest BCUT2D eigenvalue weighted by Crippen LogP contribution is -1.99. The first-order chi connectivity index (χ1) is 8.40. The van der Waals surface area contributed by atoms with Gasteiger partial charge in [-0.1, -0.05) is 23.2 Å². The van der Waals surface area contributed by atoms with E-state index in [4.69, 9.17) is 33.4 Å². The maximum Gasteiger partial charge on any atom is 0.313 e. The molecule has 0 aliphatic carbocycles. The van der Waals surface area contributed by atoms with Crippen LogP contribution in [0.4, 0.5) is 0 Å². The molecule has 0 aromatic heterocycles. The van der Waals surface area contributed by atoms with Gasteiger partial charge in [-0.15, -0.1) is 23.5 Å². The summed E-state index contributed by atoms with van der Waals surface area (Å²) < 4.78 is 0. The van der Waals surface area contributed by atoms with Crippen molar-refractivity contribution in [1.29, 1.82) is 0 Å². The minimum Gasteiger partial charge on any atom is -0.481 e. The van der Waals surface area contributed by atoms with Gasteiger partial charge in [-0.2, -0.15) is 0 Å². The average molecular weight is 327 g/mol. The molecule has 0 heterocycles. The molecule has 1 aromatic carbocycles. The van der Waals surface area contributed by atoms with Gasteiger partial charge in [0.1, 0.15) is 0 Å². The van der Waals surface area contributed by atoms with Gasteiger partial charge < -0.3 is 10.2 Å². The molecule has 0 spiro atoms. The van der Waals surface area contributed by atoms with Crippen LogP contribution in [0.15, 0.2) is 21.9 Å². The van der Waals surface area contributed by atoms with E-state index in [-0.39, 0.29) is 11.5 Å². The largest absolute Gasteiger partial charge is 0.481 e. The Labute approximate surface area is 122 Å². The minimum atomic E-state index is -0.962. The molecular formula is C10H8Cl2O4S2. The lowest BCUT2D eigenvalue weighted by atomic mass is 10.3. The summed E-state index contributed by atoms with van der Waals surface area (Å²) in [6.07, 6.45) is 0. The third kappa shape index (κ3) is 4.97. The van der Waals surface area contributed by atoms with Crippen molar-refractivity contribution in [1.82, 2.24) is 0 Å². The topological polar surface area (TPSA) is 74.6 Å². The fourth-order valence-electron chi connectivity index (χ4n) is 1.03. The number of thioether (sulfide) groups is 2. The Bertz CT molecular complexity index is 440. The predicted molar refractivity (Wildman–Crippen MR) is 73.2 cm³/mol. The number of hydrogen-bond acceptors (Lipinski definition) is 4. The highest BCUT2D eigenvalue weighted by atomic mass is 35.5. The number of hydrogen-bond donors (Lipinski definition) is 2. The molecule has 1 aromatic rings. The second-order valence-electron chi connectivity index (χ2n) is 3.08. The number of rotatable bonds is 6. The van der Waals surface area contributed by atoms with E-state index in [9.17, 15) is 9.59 Å². The maximum atomic E-state index is 10.5. The Kier molecular flexibility index (Phi) is 6.14. The van der Waals surface area contributed by atoms with Gasteiger partial charge in [0.15, 0.2) is 0 Å². The molecule has 0 saturated carbocycles. The third-order valence-electron chi connectivity index (χ3n) is 1.67. The monoisotopic (exact) mass is 326 g/mol. The van der Waals surface area contributed by atoms with Crippen molar-refractivity contribution in [2.45, 2.75) is 9.79 Å². The van der Waals surface area contributed by atoms with Gasteiger partial charge in [-0.05, 0) is 12.1 Å². The third-order valence-corrected chi connectivity index (χ3v) is 4.57. The molecule has 4 nitrogen and oxygen atoms in total. The maximum absolute atomic E-state index is 10.5. The molecule has 0 bridgehead atoms. The van der Waals surface area contributed by atoms with Crippen molar-refractivity contribution in [3.8, 4) is 0 Å². The molecule has 18 heavy (non-hydrogen) atoms. The van der Waals surface area contributed by atoms with Gasteiger partial charge >= 0.3 is 11.9 Å². The highest BCUT2D eigenvalue weighted by Gasteiger charge is 2.12. The lowest BCUT2D eigenvalue weighted by Gasteiger charge is -2.08. The molecule has 1 rings (SSSR count). The normalized spacial score (nSPS) is 10.3. The number of carboxylic acid groups (broad SMARTS) is 2. The number of benzene rings is 1. The van der Waals surface area contributed by atoms with Crippen LogP contribution in [0.5, 0.6) is 0 Å². The van der Waals surface area contributed by atoms with Crippen LogP contribution in [0.1, 0.15) is 0 Å². The second-order valence-corrected chi connectivity index (χ2v) is 5.93. The van der Waals surface area contributed by atoms with Crippen LogP contribution in [0.25, 0.3) is 0 Å². The van der Waals surface area contributed by atoms with E-state index in [0.717, 1.165) is 23.5 Å². The van der Waals surface area contributed by atoms with Crippen LogP contribution in [0.2, 0.25) is 10.0 Å². The van der Waals surface area contributed by atoms with E-state index in [1.807, 2.05) is 0 Å². The summed E-state index contributed by atoms with van der Waals surface area (Å²) in [6.45, 7) is 0. The zero-order valence-corrected chi connectivity index (χ0v) is 12.0. The Morgan fingerprint density at radius 1 is 1.00 bits per heavy atom. The first-order valence-corrected chi connectivity index (χ1v) is 7.31. The first-order valence-electron chi connectivity index (χ1n) is 4.58. The van der Waals surface area contributed by atoms with Crippen LogP contribution >= 0.6 is 46.7 Å². The predicted octanol–water partition coefficient (Wildman–Crippen LogP) is 3.35. The summed E-state index contributed by atoms with van der Waals surface area (Å²) in [6, 6.07) is 3.12. The Morgan fingerprint density at radius 3 is 1.72 bits per heavy atom. The molecule has 0 radical (unpaired) electrons. The van der Waals surface area contributed by atoms with Crippen LogP contribution in [-0.4, -0.2) is 33.7 Å². The second kappa shape index (κ2) is 7.13. The first kappa shape index (κ1) is 15.5. The summed E-state index contributed by atoms with van der Waals surface area (Å²) >= 11 is 14.0. The fraction of sp³-hybridized carbons (Fsp3) is 0.200. The molecule has 0 amide bonds. The van der Waals surface area contributed by atoms with Crippen LogP contribution in [-0.2, 0) is 9.59 Å². The molecular weight excluding hydrogens is 319 g/mol. The van der Waals surface area contributed by atoms with E-state index in [1.54, 1.807) is 12.1 Å². The molecule has 8 heteroatoms. The van der Waals surface area contributed by atoms with Crippen molar-refractivity contribution < 1.29 is 19.8 Å². The van der Waals surface area contributed by atoms with Crippen molar-refractivity contribution in [2.75, 3.05) is 11.5 Å². The minimum absolute atomic E-state index is 0.136. The van der Waals surface area contributed by atoms with E-state index in [2.05, 4.69) is 0 Å². The van der Waals surface area contributed by atoms with Gasteiger partial charge in [0.2, 0.25) is 0 Å². The Morgan fingerprint density at radius 2 is 1.39 bits per heavy atom. The molecule has 0 aliphatic rings. The van der Waals surface area contributed by atoms with Crippen LogP contribution in [0, 0.1) is 0 Å². The van der Waals surface area contributed by atoms with E-state index in [1.165, 1.54) is 0 Å².